The van der Waals surface area contributed by atoms with Gasteiger partial charge < -0.3 is 19.9 Å². The van der Waals surface area contributed by atoms with Crippen LogP contribution < -0.4 is 10.2 Å². The number of rotatable bonds is 2. The highest BCUT2D eigenvalue weighted by atomic mass is 16.5. The molecule has 1 aromatic rings. The molecule has 5 nitrogen and oxygen atoms in total. The molecule has 2 aliphatic heterocycles. The number of carbonyl (C=O) groups excluding carboxylic acids is 1. The van der Waals surface area contributed by atoms with E-state index in [9.17, 15) is 4.79 Å². The Bertz CT molecular complexity index is 446. The molecule has 108 valence electrons. The van der Waals surface area contributed by atoms with Crippen molar-refractivity contribution in [3.8, 4) is 0 Å². The zero-order valence-corrected chi connectivity index (χ0v) is 11.6. The van der Waals surface area contributed by atoms with Gasteiger partial charge in [-0.05, 0) is 12.1 Å². The molecule has 0 aliphatic carbocycles. The van der Waals surface area contributed by atoms with Crippen molar-refractivity contribution in [3.63, 3.8) is 0 Å². The van der Waals surface area contributed by atoms with Gasteiger partial charge in [0.2, 0.25) is 5.91 Å². The minimum absolute atomic E-state index is 0.109. The Balaban J connectivity index is 1.64. The molecule has 2 saturated heterocycles. The van der Waals surface area contributed by atoms with Crippen LogP contribution >= 0.6 is 0 Å². The minimum Gasteiger partial charge on any atom is -0.378 e. The van der Waals surface area contributed by atoms with E-state index in [1.54, 1.807) is 0 Å². The lowest BCUT2D eigenvalue weighted by Gasteiger charge is -2.37. The van der Waals surface area contributed by atoms with E-state index in [4.69, 9.17) is 4.74 Å². The van der Waals surface area contributed by atoms with E-state index in [1.165, 1.54) is 5.69 Å². The Morgan fingerprint density at radius 2 is 1.90 bits per heavy atom. The maximum atomic E-state index is 12.5. The van der Waals surface area contributed by atoms with Crippen molar-refractivity contribution in [1.82, 2.24) is 10.2 Å². The number of ether oxygens (including phenoxy) is 1. The Hall–Kier alpha value is -1.59. The summed E-state index contributed by atoms with van der Waals surface area (Å²) in [5.74, 6) is 0.203. The van der Waals surface area contributed by atoms with Gasteiger partial charge in [0.25, 0.3) is 0 Å². The summed E-state index contributed by atoms with van der Waals surface area (Å²) in [6, 6.07) is 10.2. The fourth-order valence-electron chi connectivity index (χ4n) is 2.79. The number of carbonyl (C=O) groups is 1. The predicted molar refractivity (Wildman–Crippen MR) is 77.8 cm³/mol. The van der Waals surface area contributed by atoms with Crippen molar-refractivity contribution in [2.75, 3.05) is 50.8 Å². The molecule has 2 aliphatic rings. The SMILES string of the molecule is O=C(C1CN(c2ccccc2)CCN1)N1CCOCC1. The fourth-order valence-corrected chi connectivity index (χ4v) is 2.79. The molecule has 1 N–H and O–H groups in total. The largest absolute Gasteiger partial charge is 0.378 e. The number of nitrogens with zero attached hydrogens (tertiary/aromatic N) is 2. The van der Waals surface area contributed by atoms with Gasteiger partial charge in [0.05, 0.1) is 13.2 Å². The molecule has 20 heavy (non-hydrogen) atoms. The first-order chi connectivity index (χ1) is 9.84. The first kappa shape index (κ1) is 13.4. The van der Waals surface area contributed by atoms with E-state index < -0.39 is 0 Å². The van der Waals surface area contributed by atoms with E-state index >= 15 is 0 Å². The molecule has 1 atom stereocenters. The van der Waals surface area contributed by atoms with Crippen molar-refractivity contribution in [2.24, 2.45) is 0 Å². The van der Waals surface area contributed by atoms with Gasteiger partial charge in [0.15, 0.2) is 0 Å². The molecule has 0 radical (unpaired) electrons. The summed E-state index contributed by atoms with van der Waals surface area (Å²) in [6.45, 7) is 5.25. The number of para-hydroxylation sites is 1. The van der Waals surface area contributed by atoms with E-state index in [1.807, 2.05) is 23.1 Å². The van der Waals surface area contributed by atoms with Crippen LogP contribution in [0.25, 0.3) is 0 Å². The van der Waals surface area contributed by atoms with Crippen LogP contribution in [-0.4, -0.2) is 62.8 Å². The number of anilines is 1. The second-order valence-corrected chi connectivity index (χ2v) is 5.23. The molecule has 3 rings (SSSR count). The third-order valence-electron chi connectivity index (χ3n) is 3.92. The highest BCUT2D eigenvalue weighted by Crippen LogP contribution is 2.16. The molecule has 1 unspecified atom stereocenters. The van der Waals surface area contributed by atoms with E-state index in [-0.39, 0.29) is 11.9 Å². The number of piperazine rings is 1. The van der Waals surface area contributed by atoms with Crippen molar-refractivity contribution < 1.29 is 9.53 Å². The lowest BCUT2D eigenvalue weighted by molar-refractivity contribution is -0.137. The van der Waals surface area contributed by atoms with Crippen LogP contribution in [-0.2, 0) is 9.53 Å². The topological polar surface area (TPSA) is 44.8 Å². The monoisotopic (exact) mass is 275 g/mol. The van der Waals surface area contributed by atoms with Crippen molar-refractivity contribution in [3.05, 3.63) is 30.3 Å². The van der Waals surface area contributed by atoms with Crippen LogP contribution in [0.4, 0.5) is 5.69 Å². The van der Waals surface area contributed by atoms with Crippen LogP contribution in [0.3, 0.4) is 0 Å². The summed E-state index contributed by atoms with van der Waals surface area (Å²) in [5.41, 5.74) is 1.19. The Kier molecular flexibility index (Phi) is 4.18. The number of benzene rings is 1. The molecule has 1 aromatic carbocycles. The molecular formula is C15H21N3O2. The second kappa shape index (κ2) is 6.24. The smallest absolute Gasteiger partial charge is 0.241 e. The molecule has 2 heterocycles. The molecule has 0 aromatic heterocycles. The third-order valence-corrected chi connectivity index (χ3v) is 3.92. The first-order valence-electron chi connectivity index (χ1n) is 7.24. The van der Waals surface area contributed by atoms with Gasteiger partial charge in [-0.2, -0.15) is 0 Å². The summed E-state index contributed by atoms with van der Waals surface area (Å²) in [4.78, 5) is 16.7. The van der Waals surface area contributed by atoms with Gasteiger partial charge in [-0.15, -0.1) is 0 Å². The zero-order chi connectivity index (χ0) is 13.8. The average Bonchev–Trinajstić information content (AvgIpc) is 2.56. The summed E-state index contributed by atoms with van der Waals surface area (Å²) in [6.07, 6.45) is 0. The van der Waals surface area contributed by atoms with E-state index in [0.29, 0.717) is 26.3 Å². The van der Waals surface area contributed by atoms with Crippen molar-refractivity contribution in [2.45, 2.75) is 6.04 Å². The molecule has 0 spiro atoms. The Morgan fingerprint density at radius 1 is 1.15 bits per heavy atom. The number of hydrogen-bond acceptors (Lipinski definition) is 4. The quantitative estimate of drug-likeness (QED) is 0.844. The Morgan fingerprint density at radius 3 is 2.65 bits per heavy atom. The highest BCUT2D eigenvalue weighted by Gasteiger charge is 2.29. The second-order valence-electron chi connectivity index (χ2n) is 5.23. The number of amides is 1. The van der Waals surface area contributed by atoms with Crippen molar-refractivity contribution >= 4 is 11.6 Å². The number of nitrogens with one attached hydrogen (secondary N) is 1. The summed E-state index contributed by atoms with van der Waals surface area (Å²) in [5, 5.41) is 3.34. The van der Waals surface area contributed by atoms with Crippen LogP contribution in [0.15, 0.2) is 30.3 Å². The molecule has 0 saturated carbocycles. The normalized spacial score (nSPS) is 23.7. The summed E-state index contributed by atoms with van der Waals surface area (Å²) < 4.78 is 5.30. The minimum atomic E-state index is -0.109. The van der Waals surface area contributed by atoms with Gasteiger partial charge in [0, 0.05) is 38.4 Å². The third kappa shape index (κ3) is 2.94. The van der Waals surface area contributed by atoms with Crippen LogP contribution in [0, 0.1) is 0 Å². The lowest BCUT2D eigenvalue weighted by Crippen LogP contribution is -2.59. The molecular weight excluding hydrogens is 254 g/mol. The molecule has 0 bridgehead atoms. The first-order valence-corrected chi connectivity index (χ1v) is 7.24. The predicted octanol–water partition coefficient (Wildman–Crippen LogP) is 0.324. The fraction of sp³-hybridized carbons (Fsp3) is 0.533. The molecule has 5 heteroatoms. The van der Waals surface area contributed by atoms with Crippen LogP contribution in [0.5, 0.6) is 0 Å². The zero-order valence-electron chi connectivity index (χ0n) is 11.6. The van der Waals surface area contributed by atoms with E-state index in [0.717, 1.165) is 19.6 Å². The van der Waals surface area contributed by atoms with Gasteiger partial charge in [-0.25, -0.2) is 0 Å². The lowest BCUT2D eigenvalue weighted by atomic mass is 10.1. The standard InChI is InChI=1S/C15H21N3O2/c19-15(17-8-10-20-11-9-17)14-12-18(7-6-16-14)13-4-2-1-3-5-13/h1-5,14,16H,6-12H2. The van der Waals surface area contributed by atoms with Gasteiger partial charge in [-0.3, -0.25) is 4.79 Å². The maximum Gasteiger partial charge on any atom is 0.241 e. The molecule has 2 fully saturated rings. The number of morpholine rings is 1. The summed E-state index contributed by atoms with van der Waals surface area (Å²) >= 11 is 0. The maximum absolute atomic E-state index is 12.5. The average molecular weight is 275 g/mol. The summed E-state index contributed by atoms with van der Waals surface area (Å²) in [7, 11) is 0. The number of hydrogen-bond donors (Lipinski definition) is 1. The van der Waals surface area contributed by atoms with Crippen molar-refractivity contribution in [1.29, 1.82) is 0 Å². The van der Waals surface area contributed by atoms with Crippen LogP contribution in [0.2, 0.25) is 0 Å². The van der Waals surface area contributed by atoms with Crippen LogP contribution in [0.1, 0.15) is 0 Å². The Labute approximate surface area is 119 Å². The highest BCUT2D eigenvalue weighted by molar-refractivity contribution is 5.83. The molecule has 1 amide bonds. The van der Waals surface area contributed by atoms with Gasteiger partial charge >= 0.3 is 0 Å². The van der Waals surface area contributed by atoms with Gasteiger partial charge in [0.1, 0.15) is 6.04 Å². The van der Waals surface area contributed by atoms with E-state index in [2.05, 4.69) is 22.3 Å². The van der Waals surface area contributed by atoms with Gasteiger partial charge in [-0.1, -0.05) is 18.2 Å².